The highest BCUT2D eigenvalue weighted by molar-refractivity contribution is 5.96. The van der Waals surface area contributed by atoms with E-state index in [1.807, 2.05) is 37.3 Å². The van der Waals surface area contributed by atoms with Crippen molar-refractivity contribution >= 4 is 35.0 Å². The molecule has 0 spiro atoms. The molecule has 5 rings (SSSR count). The van der Waals surface area contributed by atoms with Crippen LogP contribution in [-0.2, 0) is 11.2 Å². The Labute approximate surface area is 157 Å². The van der Waals surface area contributed by atoms with Gasteiger partial charge in [0, 0.05) is 0 Å². The molecule has 2 nitrogen and oxygen atoms in total. The minimum atomic E-state index is -0.307. The van der Waals surface area contributed by atoms with Crippen LogP contribution in [0.25, 0.3) is 29.0 Å². The van der Waals surface area contributed by atoms with Gasteiger partial charge in [0.25, 0.3) is 0 Å². The maximum atomic E-state index is 12.5. The predicted molar refractivity (Wildman–Crippen MR) is 110 cm³/mol. The summed E-state index contributed by atoms with van der Waals surface area (Å²) in [6, 6.07) is 16.2. The molecule has 130 valence electrons. The highest BCUT2D eigenvalue weighted by Crippen LogP contribution is 2.24. The van der Waals surface area contributed by atoms with Crippen LogP contribution >= 0.6 is 0 Å². The molecule has 2 aliphatic carbocycles. The van der Waals surface area contributed by atoms with Gasteiger partial charge in [-0.2, -0.15) is 0 Å². The molecule has 0 fully saturated rings. The van der Waals surface area contributed by atoms with Crippen LogP contribution in [0.1, 0.15) is 27.0 Å². The predicted octanol–water partition coefficient (Wildman–Crippen LogP) is 4.03. The van der Waals surface area contributed by atoms with E-state index in [4.69, 9.17) is 4.74 Å². The van der Waals surface area contributed by atoms with Crippen LogP contribution in [0.2, 0.25) is 0 Å². The van der Waals surface area contributed by atoms with Crippen LogP contribution in [0, 0.1) is 6.92 Å². The third-order valence-electron chi connectivity index (χ3n) is 5.34. The van der Waals surface area contributed by atoms with Gasteiger partial charge in [-0.15, -0.1) is 0 Å². The molecule has 0 saturated carbocycles. The van der Waals surface area contributed by atoms with E-state index in [2.05, 4.69) is 42.5 Å². The summed E-state index contributed by atoms with van der Waals surface area (Å²) in [6.45, 7) is 1.92. The quantitative estimate of drug-likeness (QED) is 0.652. The fraction of sp³-hybridized carbons (Fsp3) is 0.0800. The molecule has 0 amide bonds. The average Bonchev–Trinajstić information content (AvgIpc) is 3.17. The van der Waals surface area contributed by atoms with E-state index in [1.54, 1.807) is 6.07 Å². The van der Waals surface area contributed by atoms with Gasteiger partial charge in [0.1, 0.15) is 5.76 Å². The van der Waals surface area contributed by atoms with Crippen molar-refractivity contribution in [1.82, 2.24) is 0 Å². The van der Waals surface area contributed by atoms with Gasteiger partial charge >= 0.3 is 5.97 Å². The number of carbonyl (C=O) groups excluding carboxylic acids is 1. The fourth-order valence-corrected chi connectivity index (χ4v) is 3.92. The molecule has 3 aromatic carbocycles. The first-order chi connectivity index (χ1) is 13.2. The molecule has 2 heteroatoms. The van der Waals surface area contributed by atoms with Gasteiger partial charge < -0.3 is 4.74 Å². The van der Waals surface area contributed by atoms with Gasteiger partial charge in [0.2, 0.25) is 0 Å². The standard InChI is InChI=1S/C25H18O2/c1-16-5-2-3-7-20(16)25(26)27-19-11-14-22-18(15-19)10-13-23-21-8-4-6-17(21)9-12-24(22)23/h2-13,15H,14H2,1H3. The first-order valence-electron chi connectivity index (χ1n) is 9.13. The molecule has 0 unspecified atom stereocenters. The van der Waals surface area contributed by atoms with E-state index >= 15 is 0 Å². The summed E-state index contributed by atoms with van der Waals surface area (Å²) in [5.74, 6) is 0.308. The van der Waals surface area contributed by atoms with Gasteiger partial charge in [-0.1, -0.05) is 60.7 Å². The number of benzene rings is 3. The Morgan fingerprint density at radius 1 is 0.963 bits per heavy atom. The molecule has 0 bridgehead atoms. The normalized spacial score (nSPS) is 14.0. The van der Waals surface area contributed by atoms with Crippen molar-refractivity contribution in [3.8, 4) is 0 Å². The highest BCUT2D eigenvalue weighted by Gasteiger charge is 2.15. The Balaban J connectivity index is 1.52. The van der Waals surface area contributed by atoms with E-state index in [0.717, 1.165) is 17.2 Å². The summed E-state index contributed by atoms with van der Waals surface area (Å²) in [5.41, 5.74) is 4.10. The van der Waals surface area contributed by atoms with E-state index in [0.29, 0.717) is 11.3 Å². The fourth-order valence-electron chi connectivity index (χ4n) is 3.92. The Morgan fingerprint density at radius 3 is 2.67 bits per heavy atom. The zero-order valence-corrected chi connectivity index (χ0v) is 15.0. The molecule has 0 N–H and O–H groups in total. The van der Waals surface area contributed by atoms with Crippen LogP contribution in [-0.4, -0.2) is 5.97 Å². The van der Waals surface area contributed by atoms with Crippen molar-refractivity contribution in [3.63, 3.8) is 0 Å². The van der Waals surface area contributed by atoms with E-state index in [-0.39, 0.29) is 5.97 Å². The largest absolute Gasteiger partial charge is 0.423 e. The number of ether oxygens (including phenoxy) is 1. The topological polar surface area (TPSA) is 26.3 Å². The smallest absolute Gasteiger partial charge is 0.343 e. The van der Waals surface area contributed by atoms with E-state index < -0.39 is 0 Å². The lowest BCUT2D eigenvalue weighted by molar-refractivity contribution is 0.0640. The van der Waals surface area contributed by atoms with Crippen molar-refractivity contribution in [2.75, 3.05) is 0 Å². The van der Waals surface area contributed by atoms with Crippen LogP contribution < -0.4 is 10.4 Å². The highest BCUT2D eigenvalue weighted by atomic mass is 16.5. The van der Waals surface area contributed by atoms with Crippen LogP contribution in [0.3, 0.4) is 0 Å². The molecule has 2 aliphatic rings. The van der Waals surface area contributed by atoms with Gasteiger partial charge in [0.15, 0.2) is 0 Å². The maximum absolute atomic E-state index is 12.5. The molecule has 27 heavy (non-hydrogen) atoms. The molecular weight excluding hydrogens is 332 g/mol. The molecular formula is C25H18O2. The van der Waals surface area contributed by atoms with Gasteiger partial charge in [-0.05, 0) is 69.5 Å². The number of carbonyl (C=O) groups is 1. The van der Waals surface area contributed by atoms with Crippen LogP contribution in [0.5, 0.6) is 0 Å². The minimum Gasteiger partial charge on any atom is -0.423 e. The Hall–Kier alpha value is -3.39. The van der Waals surface area contributed by atoms with Gasteiger partial charge in [-0.25, -0.2) is 4.79 Å². The summed E-state index contributed by atoms with van der Waals surface area (Å²) >= 11 is 0. The van der Waals surface area contributed by atoms with Crippen molar-refractivity contribution in [2.24, 2.45) is 0 Å². The number of fused-ring (bicyclic) bond motifs is 5. The molecule has 3 aromatic rings. The Morgan fingerprint density at radius 2 is 1.78 bits per heavy atom. The molecule has 0 aliphatic heterocycles. The molecule has 0 heterocycles. The van der Waals surface area contributed by atoms with E-state index in [9.17, 15) is 4.79 Å². The van der Waals surface area contributed by atoms with Crippen molar-refractivity contribution in [3.05, 3.63) is 99.1 Å². The number of rotatable bonds is 2. The van der Waals surface area contributed by atoms with Crippen molar-refractivity contribution in [1.29, 1.82) is 0 Å². The zero-order valence-electron chi connectivity index (χ0n) is 15.0. The summed E-state index contributed by atoms with van der Waals surface area (Å²) in [4.78, 5) is 12.5. The van der Waals surface area contributed by atoms with Gasteiger partial charge in [0.05, 0.1) is 5.56 Å². The number of allylic oxidation sites excluding steroid dienone is 3. The number of aryl methyl sites for hydroxylation is 1. The lowest BCUT2D eigenvalue weighted by Crippen LogP contribution is -2.17. The van der Waals surface area contributed by atoms with Crippen LogP contribution in [0.15, 0.2) is 66.4 Å². The Kier molecular flexibility index (Phi) is 3.58. The second kappa shape index (κ2) is 6.10. The molecule has 0 radical (unpaired) electrons. The van der Waals surface area contributed by atoms with Gasteiger partial charge in [-0.3, -0.25) is 0 Å². The van der Waals surface area contributed by atoms with E-state index in [1.165, 1.54) is 27.1 Å². The minimum absolute atomic E-state index is 0.307. The van der Waals surface area contributed by atoms with Crippen molar-refractivity contribution in [2.45, 2.75) is 13.3 Å². The molecule has 0 atom stereocenters. The average molecular weight is 350 g/mol. The monoisotopic (exact) mass is 350 g/mol. The first kappa shape index (κ1) is 15.8. The summed E-state index contributed by atoms with van der Waals surface area (Å²) < 4.78 is 5.65. The molecule has 0 aromatic heterocycles. The van der Waals surface area contributed by atoms with Crippen LogP contribution in [0.4, 0.5) is 0 Å². The second-order valence-electron chi connectivity index (χ2n) is 6.98. The second-order valence-corrected chi connectivity index (χ2v) is 6.98. The first-order valence-corrected chi connectivity index (χ1v) is 9.13. The molecule has 0 saturated heterocycles. The maximum Gasteiger partial charge on any atom is 0.343 e. The zero-order chi connectivity index (χ0) is 18.4. The summed E-state index contributed by atoms with van der Waals surface area (Å²) in [6.07, 6.45) is 11.1. The third-order valence-corrected chi connectivity index (χ3v) is 5.34. The number of hydrogen-bond acceptors (Lipinski definition) is 2. The lowest BCUT2D eigenvalue weighted by Gasteiger charge is -2.14. The number of hydrogen-bond donors (Lipinski definition) is 0. The van der Waals surface area contributed by atoms with Crippen molar-refractivity contribution < 1.29 is 9.53 Å². The summed E-state index contributed by atoms with van der Waals surface area (Å²) in [5, 5.41) is 4.93. The lowest BCUT2D eigenvalue weighted by atomic mass is 9.93. The summed E-state index contributed by atoms with van der Waals surface area (Å²) in [7, 11) is 0. The Bertz CT molecular complexity index is 1290. The SMILES string of the molecule is Cc1ccccc1C(=O)OC1=CCc2c(ccc3c4c(ccc23)=CC=C4)=C1. The number of esters is 1. The third kappa shape index (κ3) is 2.61.